The van der Waals surface area contributed by atoms with E-state index in [2.05, 4.69) is 24.5 Å². The van der Waals surface area contributed by atoms with E-state index < -0.39 is 0 Å². The summed E-state index contributed by atoms with van der Waals surface area (Å²) in [6.45, 7) is 2.47. The van der Waals surface area contributed by atoms with Crippen LogP contribution in [0.15, 0.2) is 18.5 Å². The number of aromatic nitrogens is 1. The SMILES string of the molecule is COC(=O)c1c(NC(=O)C[n+]2ccc3c(c2)CCCC3)sc2c1CC[C@H](C)C2. The maximum atomic E-state index is 12.7. The molecule has 0 aromatic carbocycles. The van der Waals surface area contributed by atoms with Crippen molar-refractivity contribution in [2.75, 3.05) is 12.4 Å². The van der Waals surface area contributed by atoms with Gasteiger partial charge in [0.2, 0.25) is 6.54 Å². The second-order valence-electron chi connectivity index (χ2n) is 7.97. The first kappa shape index (κ1) is 19.1. The number of carbonyl (C=O) groups is 2. The number of fused-ring (bicyclic) bond motifs is 2. The van der Waals surface area contributed by atoms with Gasteiger partial charge in [-0.1, -0.05) is 6.92 Å². The van der Waals surface area contributed by atoms with E-state index in [1.807, 2.05) is 10.8 Å². The predicted octanol–water partition coefficient (Wildman–Crippen LogP) is 3.46. The number of carbonyl (C=O) groups excluding carboxylic acids is 2. The number of anilines is 1. The van der Waals surface area contributed by atoms with Gasteiger partial charge in [0, 0.05) is 16.5 Å². The molecular formula is C22H27N2O3S+. The Kier molecular flexibility index (Phi) is 5.49. The van der Waals surface area contributed by atoms with Crippen LogP contribution in [0.1, 0.15) is 58.1 Å². The maximum Gasteiger partial charge on any atom is 0.341 e. The molecule has 5 nitrogen and oxygen atoms in total. The highest BCUT2D eigenvalue weighted by Crippen LogP contribution is 2.40. The molecule has 0 saturated heterocycles. The first-order chi connectivity index (χ1) is 13.5. The van der Waals surface area contributed by atoms with Gasteiger partial charge in [-0.05, 0) is 62.0 Å². The summed E-state index contributed by atoms with van der Waals surface area (Å²) in [5.41, 5.74) is 4.36. The highest BCUT2D eigenvalue weighted by Gasteiger charge is 2.29. The van der Waals surface area contributed by atoms with E-state index in [0.717, 1.165) is 37.7 Å². The molecule has 28 heavy (non-hydrogen) atoms. The standard InChI is InChI=1S/C22H26N2O3S/c1-14-7-8-17-18(11-14)28-21(20(17)22(26)27-2)23-19(25)13-24-10-9-15-5-3-4-6-16(15)12-24/h9-10,12,14H,3-8,11,13H2,1-2H3/p+1/t14-/m0/s1. The van der Waals surface area contributed by atoms with Crippen LogP contribution in [0, 0.1) is 5.92 Å². The van der Waals surface area contributed by atoms with E-state index in [0.29, 0.717) is 16.5 Å². The molecule has 2 aliphatic carbocycles. The van der Waals surface area contributed by atoms with Gasteiger partial charge in [-0.2, -0.15) is 4.57 Å². The summed E-state index contributed by atoms with van der Waals surface area (Å²) in [4.78, 5) is 26.3. The monoisotopic (exact) mass is 399 g/mol. The van der Waals surface area contributed by atoms with Crippen LogP contribution in [0.5, 0.6) is 0 Å². The first-order valence-electron chi connectivity index (χ1n) is 10.1. The van der Waals surface area contributed by atoms with Gasteiger partial charge in [0.1, 0.15) is 5.00 Å². The number of nitrogens with zero attached hydrogens (tertiary/aromatic N) is 1. The Morgan fingerprint density at radius 1 is 1.25 bits per heavy atom. The molecule has 148 valence electrons. The van der Waals surface area contributed by atoms with Crippen molar-refractivity contribution in [2.24, 2.45) is 5.92 Å². The van der Waals surface area contributed by atoms with E-state index >= 15 is 0 Å². The number of methoxy groups -OCH3 is 1. The van der Waals surface area contributed by atoms with E-state index in [4.69, 9.17) is 4.74 Å². The summed E-state index contributed by atoms with van der Waals surface area (Å²) in [5.74, 6) is 0.132. The molecule has 1 amide bonds. The van der Waals surface area contributed by atoms with Crippen molar-refractivity contribution < 1.29 is 18.9 Å². The normalized spacial score (nSPS) is 18.1. The lowest BCUT2D eigenvalue weighted by atomic mass is 9.88. The van der Waals surface area contributed by atoms with Crippen molar-refractivity contribution in [3.8, 4) is 0 Å². The minimum Gasteiger partial charge on any atom is -0.465 e. The first-order valence-corrected chi connectivity index (χ1v) is 10.9. The summed E-state index contributed by atoms with van der Waals surface area (Å²) >= 11 is 1.53. The Morgan fingerprint density at radius 2 is 2.04 bits per heavy atom. The van der Waals surface area contributed by atoms with E-state index in [9.17, 15) is 9.59 Å². The van der Waals surface area contributed by atoms with Gasteiger partial charge in [-0.3, -0.25) is 4.79 Å². The highest BCUT2D eigenvalue weighted by molar-refractivity contribution is 7.17. The van der Waals surface area contributed by atoms with Crippen LogP contribution in [-0.4, -0.2) is 19.0 Å². The van der Waals surface area contributed by atoms with Crippen LogP contribution >= 0.6 is 11.3 Å². The molecular weight excluding hydrogens is 372 g/mol. The lowest BCUT2D eigenvalue weighted by molar-refractivity contribution is -0.684. The molecule has 2 heterocycles. The number of nitrogens with one attached hydrogen (secondary N) is 1. The molecule has 4 rings (SSSR count). The van der Waals surface area contributed by atoms with Gasteiger partial charge in [-0.25, -0.2) is 4.79 Å². The van der Waals surface area contributed by atoms with Crippen LogP contribution in [0.3, 0.4) is 0 Å². The van der Waals surface area contributed by atoms with Crippen LogP contribution in [0.2, 0.25) is 0 Å². The van der Waals surface area contributed by atoms with Gasteiger partial charge in [0.05, 0.1) is 12.7 Å². The van der Waals surface area contributed by atoms with Crippen LogP contribution in [0.4, 0.5) is 5.00 Å². The number of rotatable bonds is 4. The number of ether oxygens (including phenoxy) is 1. The zero-order valence-corrected chi connectivity index (χ0v) is 17.4. The fourth-order valence-electron chi connectivity index (χ4n) is 4.31. The quantitative estimate of drug-likeness (QED) is 0.633. The van der Waals surface area contributed by atoms with Gasteiger partial charge in [-0.15, -0.1) is 11.3 Å². The molecule has 0 aliphatic heterocycles. The fraction of sp³-hybridized carbons (Fsp3) is 0.500. The number of hydrogen-bond donors (Lipinski definition) is 1. The topological polar surface area (TPSA) is 59.3 Å². The third kappa shape index (κ3) is 3.83. The van der Waals surface area contributed by atoms with Crippen LogP contribution < -0.4 is 9.88 Å². The van der Waals surface area contributed by atoms with E-state index in [-0.39, 0.29) is 18.4 Å². The molecule has 0 saturated carbocycles. The second-order valence-corrected chi connectivity index (χ2v) is 9.08. The van der Waals surface area contributed by atoms with Crippen molar-refractivity contribution in [1.82, 2.24) is 0 Å². The molecule has 2 aromatic rings. The molecule has 0 bridgehead atoms. The Balaban J connectivity index is 1.53. The Hall–Kier alpha value is -2.21. The van der Waals surface area contributed by atoms with Crippen molar-refractivity contribution >= 4 is 28.2 Å². The van der Waals surface area contributed by atoms with Gasteiger partial charge in [0.15, 0.2) is 12.4 Å². The van der Waals surface area contributed by atoms with Crippen molar-refractivity contribution in [1.29, 1.82) is 0 Å². The summed E-state index contributed by atoms with van der Waals surface area (Å²) in [7, 11) is 1.40. The predicted molar refractivity (Wildman–Crippen MR) is 109 cm³/mol. The zero-order chi connectivity index (χ0) is 19.7. The molecule has 1 N–H and O–H groups in total. The Bertz CT molecular complexity index is 919. The van der Waals surface area contributed by atoms with Crippen molar-refractivity contribution in [2.45, 2.75) is 58.4 Å². The summed E-state index contributed by atoms with van der Waals surface area (Å²) in [5, 5.41) is 3.62. The highest BCUT2D eigenvalue weighted by atomic mass is 32.1. The summed E-state index contributed by atoms with van der Waals surface area (Å²) in [6.07, 6.45) is 11.6. The van der Waals surface area contributed by atoms with Gasteiger partial charge < -0.3 is 10.1 Å². The fourth-order valence-corrected chi connectivity index (χ4v) is 5.72. The van der Waals surface area contributed by atoms with Crippen molar-refractivity contribution in [3.05, 3.63) is 45.6 Å². The lowest BCUT2D eigenvalue weighted by Gasteiger charge is -2.18. The number of amides is 1. The number of aryl methyl sites for hydroxylation is 2. The largest absolute Gasteiger partial charge is 0.465 e. The molecule has 0 spiro atoms. The van der Waals surface area contributed by atoms with Crippen molar-refractivity contribution in [3.63, 3.8) is 0 Å². The Labute approximate surface area is 169 Å². The second kappa shape index (κ2) is 8.03. The number of hydrogen-bond acceptors (Lipinski definition) is 4. The van der Waals surface area contributed by atoms with E-state index in [1.54, 1.807) is 0 Å². The smallest absolute Gasteiger partial charge is 0.341 e. The number of pyridine rings is 1. The molecule has 6 heteroatoms. The Morgan fingerprint density at radius 3 is 2.82 bits per heavy atom. The van der Waals surface area contributed by atoms with Gasteiger partial charge in [0.25, 0.3) is 5.91 Å². The average Bonchev–Trinajstić information content (AvgIpc) is 3.03. The summed E-state index contributed by atoms with van der Waals surface area (Å²) in [6, 6.07) is 2.13. The third-order valence-corrected chi connectivity index (χ3v) is 6.99. The summed E-state index contributed by atoms with van der Waals surface area (Å²) < 4.78 is 6.94. The maximum absolute atomic E-state index is 12.7. The minimum absolute atomic E-state index is 0.113. The third-order valence-electron chi connectivity index (χ3n) is 5.82. The zero-order valence-electron chi connectivity index (χ0n) is 16.5. The number of esters is 1. The van der Waals surface area contributed by atoms with Crippen LogP contribution in [0.25, 0.3) is 0 Å². The lowest BCUT2D eigenvalue weighted by Crippen LogP contribution is -2.40. The molecule has 0 radical (unpaired) electrons. The van der Waals surface area contributed by atoms with Gasteiger partial charge >= 0.3 is 5.97 Å². The molecule has 0 unspecified atom stereocenters. The number of thiophene rings is 1. The average molecular weight is 400 g/mol. The molecule has 2 aliphatic rings. The molecule has 0 fully saturated rings. The van der Waals surface area contributed by atoms with Crippen LogP contribution in [-0.2, 0) is 41.8 Å². The minimum atomic E-state index is -0.358. The molecule has 2 aromatic heterocycles. The van der Waals surface area contributed by atoms with E-state index in [1.165, 1.54) is 47.3 Å². The molecule has 1 atom stereocenters.